The molecule has 2 rings (SSSR count). The topological polar surface area (TPSA) is 32.3 Å². The molecular formula is C13H20N2OS. The standard InChI is InChI=1S/C13H20N2OS/c1-11-5-2-3-7-15(11)10-13(16)14-9-12-6-4-8-17-12/h4,6,8,11H,2-3,5,7,9-10H2,1H3,(H,14,16). The smallest absolute Gasteiger partial charge is 0.234 e. The predicted molar refractivity (Wildman–Crippen MR) is 71.1 cm³/mol. The maximum atomic E-state index is 11.8. The molecule has 94 valence electrons. The molecule has 1 aromatic rings. The van der Waals surface area contributed by atoms with E-state index in [0.717, 1.165) is 6.54 Å². The predicted octanol–water partition coefficient (Wildman–Crippen LogP) is 2.24. The van der Waals surface area contributed by atoms with E-state index in [9.17, 15) is 4.79 Å². The normalized spacial score (nSPS) is 21.4. The molecule has 2 heterocycles. The van der Waals surface area contributed by atoms with Crippen LogP contribution in [0, 0.1) is 0 Å². The highest BCUT2D eigenvalue weighted by molar-refractivity contribution is 7.09. The number of rotatable bonds is 4. The van der Waals surface area contributed by atoms with Crippen molar-refractivity contribution in [2.24, 2.45) is 0 Å². The van der Waals surface area contributed by atoms with Crippen molar-refractivity contribution >= 4 is 17.2 Å². The second kappa shape index (κ2) is 6.17. The average Bonchev–Trinajstić information content (AvgIpc) is 2.82. The van der Waals surface area contributed by atoms with Crippen LogP contribution in [0.4, 0.5) is 0 Å². The van der Waals surface area contributed by atoms with Crippen molar-refractivity contribution in [3.63, 3.8) is 0 Å². The highest BCUT2D eigenvalue weighted by Crippen LogP contribution is 2.15. The lowest BCUT2D eigenvalue weighted by molar-refractivity contribution is -0.123. The molecule has 0 radical (unpaired) electrons. The van der Waals surface area contributed by atoms with E-state index in [4.69, 9.17) is 0 Å². The molecule has 1 unspecified atom stereocenters. The Labute approximate surface area is 107 Å². The maximum absolute atomic E-state index is 11.8. The van der Waals surface area contributed by atoms with E-state index in [1.807, 2.05) is 11.4 Å². The molecule has 4 heteroatoms. The van der Waals surface area contributed by atoms with Crippen molar-refractivity contribution in [1.82, 2.24) is 10.2 Å². The van der Waals surface area contributed by atoms with Crippen LogP contribution in [-0.2, 0) is 11.3 Å². The van der Waals surface area contributed by atoms with Crippen molar-refractivity contribution in [3.05, 3.63) is 22.4 Å². The fourth-order valence-corrected chi connectivity index (χ4v) is 2.88. The van der Waals surface area contributed by atoms with Gasteiger partial charge in [-0.1, -0.05) is 12.5 Å². The minimum atomic E-state index is 0.146. The number of carbonyl (C=O) groups excluding carboxylic acids is 1. The van der Waals surface area contributed by atoms with Gasteiger partial charge in [-0.2, -0.15) is 0 Å². The van der Waals surface area contributed by atoms with E-state index in [-0.39, 0.29) is 5.91 Å². The van der Waals surface area contributed by atoms with Crippen LogP contribution in [0.3, 0.4) is 0 Å². The van der Waals surface area contributed by atoms with Gasteiger partial charge in [-0.05, 0) is 37.8 Å². The summed E-state index contributed by atoms with van der Waals surface area (Å²) in [7, 11) is 0. The van der Waals surface area contributed by atoms with Gasteiger partial charge in [-0.3, -0.25) is 9.69 Å². The summed E-state index contributed by atoms with van der Waals surface area (Å²) in [6, 6.07) is 4.61. The van der Waals surface area contributed by atoms with Gasteiger partial charge in [0.15, 0.2) is 0 Å². The zero-order chi connectivity index (χ0) is 12.1. The van der Waals surface area contributed by atoms with E-state index in [2.05, 4.69) is 23.2 Å². The van der Waals surface area contributed by atoms with Crippen LogP contribution in [0.5, 0.6) is 0 Å². The molecule has 1 N–H and O–H groups in total. The summed E-state index contributed by atoms with van der Waals surface area (Å²) >= 11 is 1.68. The molecule has 0 saturated carbocycles. The molecule has 0 aromatic carbocycles. The molecule has 1 atom stereocenters. The van der Waals surface area contributed by atoms with E-state index in [0.29, 0.717) is 19.1 Å². The highest BCUT2D eigenvalue weighted by Gasteiger charge is 2.20. The Morgan fingerprint density at radius 2 is 2.47 bits per heavy atom. The van der Waals surface area contributed by atoms with Gasteiger partial charge in [-0.15, -0.1) is 11.3 Å². The van der Waals surface area contributed by atoms with Crippen LogP contribution in [0.15, 0.2) is 17.5 Å². The lowest BCUT2D eigenvalue weighted by Gasteiger charge is -2.32. The van der Waals surface area contributed by atoms with Crippen LogP contribution >= 0.6 is 11.3 Å². The Hall–Kier alpha value is -0.870. The molecule has 1 aliphatic rings. The monoisotopic (exact) mass is 252 g/mol. The number of hydrogen-bond donors (Lipinski definition) is 1. The van der Waals surface area contributed by atoms with Crippen LogP contribution in [0.1, 0.15) is 31.1 Å². The number of nitrogens with one attached hydrogen (secondary N) is 1. The fourth-order valence-electron chi connectivity index (χ4n) is 2.23. The van der Waals surface area contributed by atoms with Crippen molar-refractivity contribution in [2.45, 2.75) is 38.8 Å². The first-order valence-corrected chi connectivity index (χ1v) is 7.17. The molecule has 0 bridgehead atoms. The van der Waals surface area contributed by atoms with E-state index < -0.39 is 0 Å². The first-order valence-electron chi connectivity index (χ1n) is 6.29. The second-order valence-corrected chi connectivity index (χ2v) is 5.70. The van der Waals surface area contributed by atoms with Gasteiger partial charge >= 0.3 is 0 Å². The summed E-state index contributed by atoms with van der Waals surface area (Å²) in [6.07, 6.45) is 3.75. The molecule has 1 saturated heterocycles. The Kier molecular flexibility index (Phi) is 4.57. The lowest BCUT2D eigenvalue weighted by atomic mass is 10.0. The minimum absolute atomic E-state index is 0.146. The molecule has 1 aliphatic heterocycles. The summed E-state index contributed by atoms with van der Waals surface area (Å²) in [6.45, 7) is 4.49. The van der Waals surface area contributed by atoms with Crippen LogP contribution in [-0.4, -0.2) is 29.9 Å². The van der Waals surface area contributed by atoms with E-state index >= 15 is 0 Å². The SMILES string of the molecule is CC1CCCCN1CC(=O)NCc1cccs1. The van der Waals surface area contributed by atoms with Crippen LogP contribution < -0.4 is 5.32 Å². The third-order valence-corrected chi connectivity index (χ3v) is 4.20. The van der Waals surface area contributed by atoms with Crippen molar-refractivity contribution in [1.29, 1.82) is 0 Å². The highest BCUT2D eigenvalue weighted by atomic mass is 32.1. The lowest BCUT2D eigenvalue weighted by Crippen LogP contribution is -2.44. The van der Waals surface area contributed by atoms with Gasteiger partial charge in [0.1, 0.15) is 0 Å². The number of thiophene rings is 1. The summed E-state index contributed by atoms with van der Waals surface area (Å²) in [5.41, 5.74) is 0. The Bertz CT molecular complexity index is 350. The Morgan fingerprint density at radius 3 is 3.18 bits per heavy atom. The Balaban J connectivity index is 1.73. The molecule has 1 aromatic heterocycles. The number of amides is 1. The first-order chi connectivity index (χ1) is 8.25. The first kappa shape index (κ1) is 12.6. The molecule has 1 amide bonds. The summed E-state index contributed by atoms with van der Waals surface area (Å²) in [5, 5.41) is 5.02. The van der Waals surface area contributed by atoms with Gasteiger partial charge in [-0.25, -0.2) is 0 Å². The molecule has 17 heavy (non-hydrogen) atoms. The zero-order valence-corrected chi connectivity index (χ0v) is 11.1. The summed E-state index contributed by atoms with van der Waals surface area (Å²) in [4.78, 5) is 15.3. The molecule has 1 fully saturated rings. The van der Waals surface area contributed by atoms with Crippen LogP contribution in [0.25, 0.3) is 0 Å². The van der Waals surface area contributed by atoms with Gasteiger partial charge in [0.2, 0.25) is 5.91 Å². The maximum Gasteiger partial charge on any atom is 0.234 e. The molecule has 0 aliphatic carbocycles. The molecular weight excluding hydrogens is 232 g/mol. The van der Waals surface area contributed by atoms with E-state index in [1.54, 1.807) is 11.3 Å². The van der Waals surface area contributed by atoms with Crippen molar-refractivity contribution in [2.75, 3.05) is 13.1 Å². The van der Waals surface area contributed by atoms with Crippen molar-refractivity contribution < 1.29 is 4.79 Å². The molecule has 3 nitrogen and oxygen atoms in total. The van der Waals surface area contributed by atoms with Gasteiger partial charge in [0, 0.05) is 10.9 Å². The zero-order valence-electron chi connectivity index (χ0n) is 10.3. The van der Waals surface area contributed by atoms with Gasteiger partial charge in [0.05, 0.1) is 13.1 Å². The number of likely N-dealkylation sites (tertiary alicyclic amines) is 1. The number of carbonyl (C=O) groups is 1. The van der Waals surface area contributed by atoms with E-state index in [1.165, 1.54) is 24.1 Å². The average molecular weight is 252 g/mol. The van der Waals surface area contributed by atoms with Crippen molar-refractivity contribution in [3.8, 4) is 0 Å². The summed E-state index contributed by atoms with van der Waals surface area (Å²) in [5.74, 6) is 0.146. The third kappa shape index (κ3) is 3.82. The second-order valence-electron chi connectivity index (χ2n) is 4.67. The minimum Gasteiger partial charge on any atom is -0.350 e. The Morgan fingerprint density at radius 1 is 1.59 bits per heavy atom. The van der Waals surface area contributed by atoms with Gasteiger partial charge in [0.25, 0.3) is 0 Å². The number of piperidine rings is 1. The van der Waals surface area contributed by atoms with Gasteiger partial charge < -0.3 is 5.32 Å². The van der Waals surface area contributed by atoms with Crippen LogP contribution in [0.2, 0.25) is 0 Å². The third-order valence-electron chi connectivity index (χ3n) is 3.33. The summed E-state index contributed by atoms with van der Waals surface area (Å²) < 4.78 is 0. The largest absolute Gasteiger partial charge is 0.350 e. The fraction of sp³-hybridized carbons (Fsp3) is 0.615. The quantitative estimate of drug-likeness (QED) is 0.891. The molecule has 0 spiro atoms. The number of hydrogen-bond acceptors (Lipinski definition) is 3. The number of nitrogens with zero attached hydrogens (tertiary/aromatic N) is 1.